The highest BCUT2D eigenvalue weighted by atomic mass is 14.7. The Kier molecular flexibility index (Phi) is 2.27. The minimum Gasteiger partial charge on any atom is -0.262 e. The largest absolute Gasteiger partial charge is 0.262 e. The van der Waals surface area contributed by atoms with Gasteiger partial charge in [-0.25, -0.2) is 0 Å². The summed E-state index contributed by atoms with van der Waals surface area (Å²) in [6.45, 7) is 4.05. The first-order valence-corrected chi connectivity index (χ1v) is 4.61. The first-order chi connectivity index (χ1) is 6.75. The zero-order valence-electron chi connectivity index (χ0n) is 8.36. The van der Waals surface area contributed by atoms with Crippen LogP contribution in [0.15, 0.2) is 36.7 Å². The Morgan fingerprint density at radius 1 is 0.929 bits per heavy atom. The average molecular weight is 184 g/mol. The van der Waals surface area contributed by atoms with Crippen molar-refractivity contribution >= 4 is 0 Å². The molecular formula is C12H12N2. The third-order valence-electron chi connectivity index (χ3n) is 2.11. The van der Waals surface area contributed by atoms with Crippen LogP contribution in [-0.4, -0.2) is 9.97 Å². The van der Waals surface area contributed by atoms with Crippen LogP contribution in [0.1, 0.15) is 11.3 Å². The van der Waals surface area contributed by atoms with Crippen LogP contribution in [0.25, 0.3) is 11.3 Å². The second kappa shape index (κ2) is 3.58. The predicted molar refractivity (Wildman–Crippen MR) is 56.9 cm³/mol. The lowest BCUT2D eigenvalue weighted by atomic mass is 10.1. The number of rotatable bonds is 1. The summed E-state index contributed by atoms with van der Waals surface area (Å²) >= 11 is 0. The predicted octanol–water partition coefficient (Wildman–Crippen LogP) is 2.76. The molecule has 0 N–H and O–H groups in total. The Morgan fingerprint density at radius 3 is 2.43 bits per heavy atom. The van der Waals surface area contributed by atoms with E-state index in [9.17, 15) is 0 Å². The number of hydrogen-bond donors (Lipinski definition) is 0. The van der Waals surface area contributed by atoms with Crippen LogP contribution in [0.3, 0.4) is 0 Å². The smallest absolute Gasteiger partial charge is 0.0705 e. The van der Waals surface area contributed by atoms with Gasteiger partial charge in [0.1, 0.15) is 0 Å². The first-order valence-electron chi connectivity index (χ1n) is 4.61. The molecule has 2 heteroatoms. The standard InChI is InChI=1S/C12H12N2/c1-9-3-5-14-12(7-9)11-4-6-13-10(2)8-11/h3-8H,1-2H3. The molecule has 2 heterocycles. The van der Waals surface area contributed by atoms with E-state index in [0.29, 0.717) is 0 Å². The summed E-state index contributed by atoms with van der Waals surface area (Å²) < 4.78 is 0. The maximum atomic E-state index is 4.32. The number of aromatic nitrogens is 2. The van der Waals surface area contributed by atoms with Crippen molar-refractivity contribution in [2.45, 2.75) is 13.8 Å². The minimum absolute atomic E-state index is 1.01. The van der Waals surface area contributed by atoms with Crippen molar-refractivity contribution in [3.63, 3.8) is 0 Å². The normalized spacial score (nSPS) is 10.1. The number of aryl methyl sites for hydroxylation is 2. The van der Waals surface area contributed by atoms with Gasteiger partial charge in [0.25, 0.3) is 0 Å². The summed E-state index contributed by atoms with van der Waals surface area (Å²) in [6.07, 6.45) is 3.65. The molecule has 2 aromatic heterocycles. The zero-order valence-corrected chi connectivity index (χ0v) is 8.36. The fourth-order valence-corrected chi connectivity index (χ4v) is 1.40. The maximum Gasteiger partial charge on any atom is 0.0705 e. The fraction of sp³-hybridized carbons (Fsp3) is 0.167. The SMILES string of the molecule is Cc1ccnc(-c2ccnc(C)c2)c1. The Morgan fingerprint density at radius 2 is 1.71 bits per heavy atom. The highest BCUT2D eigenvalue weighted by Gasteiger charge is 1.99. The van der Waals surface area contributed by atoms with Crippen molar-refractivity contribution in [3.8, 4) is 11.3 Å². The summed E-state index contributed by atoms with van der Waals surface area (Å²) in [5.41, 5.74) is 4.38. The van der Waals surface area contributed by atoms with E-state index in [1.54, 1.807) is 0 Å². The van der Waals surface area contributed by atoms with E-state index in [1.165, 1.54) is 5.56 Å². The molecule has 0 aliphatic carbocycles. The lowest BCUT2D eigenvalue weighted by Crippen LogP contribution is -1.86. The van der Waals surface area contributed by atoms with Gasteiger partial charge in [-0.1, -0.05) is 0 Å². The molecule has 0 amide bonds. The molecule has 0 radical (unpaired) electrons. The van der Waals surface area contributed by atoms with Gasteiger partial charge >= 0.3 is 0 Å². The third kappa shape index (κ3) is 1.79. The number of nitrogens with zero attached hydrogens (tertiary/aromatic N) is 2. The molecule has 0 fully saturated rings. The van der Waals surface area contributed by atoms with Crippen LogP contribution >= 0.6 is 0 Å². The van der Waals surface area contributed by atoms with E-state index in [-0.39, 0.29) is 0 Å². The van der Waals surface area contributed by atoms with E-state index < -0.39 is 0 Å². The molecule has 0 spiro atoms. The molecule has 0 saturated heterocycles. The quantitative estimate of drug-likeness (QED) is 0.681. The monoisotopic (exact) mass is 184 g/mol. The van der Waals surface area contributed by atoms with Crippen molar-refractivity contribution in [2.75, 3.05) is 0 Å². The Labute approximate surface area is 83.7 Å². The van der Waals surface area contributed by atoms with Gasteiger partial charge in [0.15, 0.2) is 0 Å². The summed E-state index contributed by atoms with van der Waals surface area (Å²) in [4.78, 5) is 8.48. The number of hydrogen-bond acceptors (Lipinski definition) is 2. The van der Waals surface area contributed by atoms with Crippen molar-refractivity contribution in [3.05, 3.63) is 47.9 Å². The van der Waals surface area contributed by atoms with Crippen LogP contribution < -0.4 is 0 Å². The minimum atomic E-state index is 1.01. The highest BCUT2D eigenvalue weighted by Crippen LogP contribution is 2.17. The molecule has 0 saturated carbocycles. The molecule has 2 rings (SSSR count). The van der Waals surface area contributed by atoms with Crippen LogP contribution in [0.5, 0.6) is 0 Å². The molecule has 0 bridgehead atoms. The van der Waals surface area contributed by atoms with Crippen molar-refractivity contribution in [1.29, 1.82) is 0 Å². The van der Waals surface area contributed by atoms with E-state index in [0.717, 1.165) is 17.0 Å². The molecule has 0 aromatic carbocycles. The van der Waals surface area contributed by atoms with E-state index >= 15 is 0 Å². The van der Waals surface area contributed by atoms with Crippen molar-refractivity contribution < 1.29 is 0 Å². The summed E-state index contributed by atoms with van der Waals surface area (Å²) in [6, 6.07) is 8.10. The molecule has 0 unspecified atom stereocenters. The molecule has 2 nitrogen and oxygen atoms in total. The molecule has 0 aliphatic rings. The lowest BCUT2D eigenvalue weighted by Gasteiger charge is -2.01. The molecule has 0 atom stereocenters. The zero-order chi connectivity index (χ0) is 9.97. The molecule has 70 valence electrons. The van der Waals surface area contributed by atoms with Crippen LogP contribution in [0, 0.1) is 13.8 Å². The van der Waals surface area contributed by atoms with Gasteiger partial charge in [-0.3, -0.25) is 9.97 Å². The second-order valence-corrected chi connectivity index (χ2v) is 3.40. The van der Waals surface area contributed by atoms with Gasteiger partial charge in [-0.15, -0.1) is 0 Å². The lowest BCUT2D eigenvalue weighted by molar-refractivity contribution is 1.19. The second-order valence-electron chi connectivity index (χ2n) is 3.40. The van der Waals surface area contributed by atoms with Crippen molar-refractivity contribution in [2.24, 2.45) is 0 Å². The van der Waals surface area contributed by atoms with E-state index in [2.05, 4.69) is 23.0 Å². The first kappa shape index (κ1) is 8.88. The average Bonchev–Trinajstić information content (AvgIpc) is 2.18. The van der Waals surface area contributed by atoms with Gasteiger partial charge in [0, 0.05) is 23.7 Å². The summed E-state index contributed by atoms with van der Waals surface area (Å²) in [5.74, 6) is 0. The highest BCUT2D eigenvalue weighted by molar-refractivity contribution is 5.59. The molecule has 2 aromatic rings. The fourth-order valence-electron chi connectivity index (χ4n) is 1.40. The third-order valence-corrected chi connectivity index (χ3v) is 2.11. The summed E-state index contributed by atoms with van der Waals surface area (Å²) in [5, 5.41) is 0. The maximum absolute atomic E-state index is 4.32. The van der Waals surface area contributed by atoms with E-state index in [1.807, 2.05) is 37.5 Å². The molecule has 0 aliphatic heterocycles. The molecule has 14 heavy (non-hydrogen) atoms. The molecular weight excluding hydrogens is 172 g/mol. The van der Waals surface area contributed by atoms with Gasteiger partial charge in [0.05, 0.1) is 5.69 Å². The van der Waals surface area contributed by atoms with Gasteiger partial charge in [-0.2, -0.15) is 0 Å². The van der Waals surface area contributed by atoms with E-state index in [4.69, 9.17) is 0 Å². The van der Waals surface area contributed by atoms with Crippen molar-refractivity contribution in [1.82, 2.24) is 9.97 Å². The Hall–Kier alpha value is -1.70. The Bertz CT molecular complexity index is 406. The van der Waals surface area contributed by atoms with Gasteiger partial charge in [0.2, 0.25) is 0 Å². The topological polar surface area (TPSA) is 25.8 Å². The Balaban J connectivity index is 2.49. The van der Waals surface area contributed by atoms with Gasteiger partial charge < -0.3 is 0 Å². The van der Waals surface area contributed by atoms with Crippen LogP contribution in [0.4, 0.5) is 0 Å². The van der Waals surface area contributed by atoms with Crippen LogP contribution in [0.2, 0.25) is 0 Å². The number of pyridine rings is 2. The van der Waals surface area contributed by atoms with Crippen LogP contribution in [-0.2, 0) is 0 Å². The van der Waals surface area contributed by atoms with Gasteiger partial charge in [-0.05, 0) is 43.7 Å². The summed E-state index contributed by atoms with van der Waals surface area (Å²) in [7, 11) is 0.